The van der Waals surface area contributed by atoms with Gasteiger partial charge in [-0.05, 0) is 24.6 Å². The molecule has 92 valence electrons. The highest BCUT2D eigenvalue weighted by molar-refractivity contribution is 5.84. The monoisotopic (exact) mass is 237 g/mol. The van der Waals surface area contributed by atoms with E-state index in [-0.39, 0.29) is 0 Å². The average molecular weight is 237 g/mol. The minimum atomic E-state index is -1.14. The van der Waals surface area contributed by atoms with Gasteiger partial charge in [0.05, 0.1) is 6.42 Å². The lowest BCUT2D eigenvalue weighted by molar-refractivity contribution is -0.145. The maximum Gasteiger partial charge on any atom is 0.326 e. The van der Waals surface area contributed by atoms with Gasteiger partial charge in [0.15, 0.2) is 0 Å². The van der Waals surface area contributed by atoms with Crippen LogP contribution in [0.5, 0.6) is 0 Å². The Kier molecular flexibility index (Phi) is 4.09. The van der Waals surface area contributed by atoms with Gasteiger partial charge in [-0.1, -0.05) is 12.1 Å². The molecule has 0 amide bonds. The van der Waals surface area contributed by atoms with Crippen LogP contribution < -0.4 is 4.90 Å². The Morgan fingerprint density at radius 2 is 2.00 bits per heavy atom. The van der Waals surface area contributed by atoms with E-state index in [2.05, 4.69) is 0 Å². The van der Waals surface area contributed by atoms with Gasteiger partial charge in [-0.15, -0.1) is 0 Å². The van der Waals surface area contributed by atoms with Gasteiger partial charge in [0.1, 0.15) is 6.04 Å². The van der Waals surface area contributed by atoms with Crippen LogP contribution >= 0.6 is 0 Å². The molecule has 0 bridgehead atoms. The summed E-state index contributed by atoms with van der Waals surface area (Å²) in [5.74, 6) is -2.27. The van der Waals surface area contributed by atoms with Crippen molar-refractivity contribution in [3.8, 4) is 0 Å². The summed E-state index contributed by atoms with van der Waals surface area (Å²) >= 11 is 0. The molecule has 0 radical (unpaired) electrons. The van der Waals surface area contributed by atoms with E-state index in [0.717, 1.165) is 5.56 Å². The average Bonchev–Trinajstić information content (AvgIpc) is 2.24. The predicted molar refractivity (Wildman–Crippen MR) is 63.3 cm³/mol. The number of aliphatic carboxylic acids is 2. The van der Waals surface area contributed by atoms with Crippen LogP contribution in [-0.2, 0) is 9.59 Å². The lowest BCUT2D eigenvalue weighted by Gasteiger charge is -2.25. The van der Waals surface area contributed by atoms with Crippen molar-refractivity contribution < 1.29 is 19.8 Å². The quantitative estimate of drug-likeness (QED) is 0.808. The third-order valence-corrected chi connectivity index (χ3v) is 2.53. The van der Waals surface area contributed by atoms with E-state index in [9.17, 15) is 9.59 Å². The van der Waals surface area contributed by atoms with E-state index in [1.165, 1.54) is 4.90 Å². The molecule has 0 aliphatic rings. The van der Waals surface area contributed by atoms with Crippen LogP contribution in [0.25, 0.3) is 0 Å². The van der Waals surface area contributed by atoms with Crippen LogP contribution in [0.15, 0.2) is 24.3 Å². The van der Waals surface area contributed by atoms with Crippen molar-refractivity contribution in [2.75, 3.05) is 11.9 Å². The van der Waals surface area contributed by atoms with Gasteiger partial charge in [0.2, 0.25) is 0 Å². The molecule has 2 N–H and O–H groups in total. The van der Waals surface area contributed by atoms with Gasteiger partial charge >= 0.3 is 11.9 Å². The van der Waals surface area contributed by atoms with Crippen molar-refractivity contribution in [2.24, 2.45) is 0 Å². The van der Waals surface area contributed by atoms with Crippen molar-refractivity contribution in [2.45, 2.75) is 19.4 Å². The fourth-order valence-corrected chi connectivity index (χ4v) is 1.58. The molecule has 0 aliphatic carbocycles. The molecule has 0 aromatic heterocycles. The fraction of sp³-hybridized carbons (Fsp3) is 0.333. The Morgan fingerprint density at radius 3 is 2.47 bits per heavy atom. The summed E-state index contributed by atoms with van der Waals surface area (Å²) in [6.45, 7) is 1.89. The molecule has 1 atom stereocenters. The van der Waals surface area contributed by atoms with Crippen molar-refractivity contribution in [3.63, 3.8) is 0 Å². The summed E-state index contributed by atoms with van der Waals surface area (Å²) in [4.78, 5) is 23.1. The Balaban J connectivity index is 2.95. The second kappa shape index (κ2) is 5.34. The van der Waals surface area contributed by atoms with Crippen molar-refractivity contribution in [1.29, 1.82) is 0 Å². The first-order chi connectivity index (χ1) is 7.91. The number of carbonyl (C=O) groups is 2. The molecule has 0 aliphatic heterocycles. The molecule has 0 heterocycles. The van der Waals surface area contributed by atoms with E-state index in [0.29, 0.717) is 5.69 Å². The Bertz CT molecular complexity index is 430. The Hall–Kier alpha value is -2.04. The molecule has 1 aromatic rings. The SMILES string of the molecule is Cc1cccc(N(C)C(CC(=O)O)C(=O)O)c1. The highest BCUT2D eigenvalue weighted by atomic mass is 16.4. The van der Waals surface area contributed by atoms with Crippen molar-refractivity contribution in [1.82, 2.24) is 0 Å². The molecule has 5 nitrogen and oxygen atoms in total. The van der Waals surface area contributed by atoms with Crippen LogP contribution in [0.2, 0.25) is 0 Å². The molecule has 0 fully saturated rings. The summed E-state index contributed by atoms with van der Waals surface area (Å²) in [6.07, 6.45) is -0.431. The maximum absolute atomic E-state index is 11.0. The van der Waals surface area contributed by atoms with Gasteiger partial charge in [0.25, 0.3) is 0 Å². The normalized spacial score (nSPS) is 11.9. The van der Waals surface area contributed by atoms with Crippen LogP contribution in [-0.4, -0.2) is 35.2 Å². The highest BCUT2D eigenvalue weighted by Crippen LogP contribution is 2.18. The first kappa shape index (κ1) is 13.0. The second-order valence-corrected chi connectivity index (χ2v) is 3.90. The van der Waals surface area contributed by atoms with E-state index in [4.69, 9.17) is 10.2 Å². The number of carboxylic acids is 2. The van der Waals surface area contributed by atoms with Crippen LogP contribution in [0.1, 0.15) is 12.0 Å². The molecular weight excluding hydrogens is 222 g/mol. The number of carboxylic acid groups (broad SMARTS) is 2. The van der Waals surface area contributed by atoms with Crippen LogP contribution in [0, 0.1) is 6.92 Å². The maximum atomic E-state index is 11.0. The molecule has 0 spiro atoms. The number of hydrogen-bond acceptors (Lipinski definition) is 3. The fourth-order valence-electron chi connectivity index (χ4n) is 1.58. The molecular formula is C12H15NO4. The molecule has 0 saturated heterocycles. The topological polar surface area (TPSA) is 77.8 Å². The van der Waals surface area contributed by atoms with Crippen LogP contribution in [0.4, 0.5) is 5.69 Å². The lowest BCUT2D eigenvalue weighted by Crippen LogP contribution is -2.40. The number of likely N-dealkylation sites (N-methyl/N-ethyl adjacent to an activating group) is 1. The zero-order chi connectivity index (χ0) is 13.0. The zero-order valence-corrected chi connectivity index (χ0v) is 9.75. The Labute approximate surface area is 99.3 Å². The van der Waals surface area contributed by atoms with Crippen molar-refractivity contribution in [3.05, 3.63) is 29.8 Å². The molecule has 0 saturated carbocycles. The molecule has 1 aromatic carbocycles. The van der Waals surface area contributed by atoms with E-state index < -0.39 is 24.4 Å². The van der Waals surface area contributed by atoms with Crippen molar-refractivity contribution >= 4 is 17.6 Å². The molecule has 1 rings (SSSR count). The smallest absolute Gasteiger partial charge is 0.326 e. The first-order valence-corrected chi connectivity index (χ1v) is 5.16. The minimum Gasteiger partial charge on any atom is -0.481 e. The summed E-state index contributed by atoms with van der Waals surface area (Å²) in [5.41, 5.74) is 1.69. The Morgan fingerprint density at radius 1 is 1.35 bits per heavy atom. The van der Waals surface area contributed by atoms with Gasteiger partial charge in [-0.3, -0.25) is 4.79 Å². The largest absolute Gasteiger partial charge is 0.481 e. The zero-order valence-electron chi connectivity index (χ0n) is 9.75. The number of hydrogen-bond donors (Lipinski definition) is 2. The van der Waals surface area contributed by atoms with E-state index in [1.807, 2.05) is 19.1 Å². The van der Waals surface area contributed by atoms with Gasteiger partial charge < -0.3 is 15.1 Å². The first-order valence-electron chi connectivity index (χ1n) is 5.16. The number of rotatable bonds is 5. The lowest BCUT2D eigenvalue weighted by atomic mass is 10.1. The minimum absolute atomic E-state index is 0.431. The number of aryl methyl sites for hydroxylation is 1. The predicted octanol–water partition coefficient (Wildman–Crippen LogP) is 1.36. The summed E-state index contributed by atoms with van der Waals surface area (Å²) < 4.78 is 0. The van der Waals surface area contributed by atoms with Gasteiger partial charge in [-0.2, -0.15) is 0 Å². The third-order valence-electron chi connectivity index (χ3n) is 2.53. The summed E-state index contributed by atoms with van der Waals surface area (Å²) in [6, 6.07) is 6.21. The van der Waals surface area contributed by atoms with E-state index >= 15 is 0 Å². The number of anilines is 1. The molecule has 1 unspecified atom stereocenters. The molecule has 17 heavy (non-hydrogen) atoms. The second-order valence-electron chi connectivity index (χ2n) is 3.90. The van der Waals surface area contributed by atoms with Gasteiger partial charge in [0, 0.05) is 12.7 Å². The van der Waals surface area contributed by atoms with E-state index in [1.54, 1.807) is 19.2 Å². The third kappa shape index (κ3) is 3.48. The summed E-state index contributed by atoms with van der Waals surface area (Å²) in [7, 11) is 1.58. The highest BCUT2D eigenvalue weighted by Gasteiger charge is 2.25. The standard InChI is InChI=1S/C12H15NO4/c1-8-4-3-5-9(6-8)13(2)10(12(16)17)7-11(14)15/h3-6,10H,7H2,1-2H3,(H,14,15)(H,16,17). The van der Waals surface area contributed by atoms with Gasteiger partial charge in [-0.25, -0.2) is 4.79 Å². The number of benzene rings is 1. The van der Waals surface area contributed by atoms with Crippen LogP contribution in [0.3, 0.4) is 0 Å². The molecule has 5 heteroatoms. The summed E-state index contributed by atoms with van der Waals surface area (Å²) in [5, 5.41) is 17.7. The number of nitrogens with zero attached hydrogens (tertiary/aromatic N) is 1.